The summed E-state index contributed by atoms with van der Waals surface area (Å²) in [5.41, 5.74) is 5.91. The van der Waals surface area contributed by atoms with Crippen molar-refractivity contribution in [1.82, 2.24) is 39.8 Å². The number of nitrogens with one attached hydrogen (secondary N) is 3. The fraction of sp³-hybridized carbons (Fsp3) is 0.440. The number of anilines is 3. The SMILES string of the molecule is O=C1CCC(N2C(=O)c3cccc(NCCN4CCN(CCCN5CCN(CCOc6ccc7cc6COC/C=C/COCc6cccc(c6)-c6ccnc(n6)N7)CC5)CC4)c3C2=O)C(=O)N1. The van der Waals surface area contributed by atoms with Gasteiger partial charge in [0, 0.05) is 107 Å². The molecule has 3 N–H and O–H groups in total. The van der Waals surface area contributed by atoms with Gasteiger partial charge in [-0.05, 0) is 74.0 Å². The molecule has 17 heteroatoms. The predicted octanol–water partition coefficient (Wildman–Crippen LogP) is 4.01. The van der Waals surface area contributed by atoms with Crippen LogP contribution in [0.3, 0.4) is 0 Å². The van der Waals surface area contributed by atoms with Crippen molar-refractivity contribution >= 4 is 41.0 Å². The first-order valence-corrected chi connectivity index (χ1v) is 23.6. The van der Waals surface area contributed by atoms with Crippen LogP contribution in [0.5, 0.6) is 5.75 Å². The number of imide groups is 2. The summed E-state index contributed by atoms with van der Waals surface area (Å²) in [6.07, 6.45) is 7.11. The topological polar surface area (TPSA) is 174 Å². The Morgan fingerprint density at radius 2 is 1.45 bits per heavy atom. The highest BCUT2D eigenvalue weighted by molar-refractivity contribution is 6.25. The number of carbonyl (C=O) groups excluding carboxylic acids is 4. The van der Waals surface area contributed by atoms with E-state index in [4.69, 9.17) is 19.2 Å². The van der Waals surface area contributed by atoms with Crippen molar-refractivity contribution in [3.05, 3.63) is 107 Å². The van der Waals surface area contributed by atoms with Gasteiger partial charge in [-0.3, -0.25) is 39.2 Å². The summed E-state index contributed by atoms with van der Waals surface area (Å²) in [4.78, 5) is 71.1. The number of fused-ring (bicyclic) bond motifs is 8. The van der Waals surface area contributed by atoms with Gasteiger partial charge in [-0.15, -0.1) is 0 Å². The van der Waals surface area contributed by atoms with Crippen LogP contribution >= 0.6 is 0 Å². The smallest absolute Gasteiger partial charge is 0.264 e. The maximum Gasteiger partial charge on any atom is 0.264 e. The highest BCUT2D eigenvalue weighted by atomic mass is 16.5. The number of amides is 4. The second-order valence-electron chi connectivity index (χ2n) is 17.6. The number of ether oxygens (including phenoxy) is 3. The molecule has 3 aromatic carbocycles. The zero-order valence-electron chi connectivity index (χ0n) is 38.0. The van der Waals surface area contributed by atoms with Gasteiger partial charge in [-0.2, -0.15) is 0 Å². The average molecular weight is 913 g/mol. The average Bonchev–Trinajstić information content (AvgIpc) is 3.60. The Morgan fingerprint density at radius 1 is 0.731 bits per heavy atom. The van der Waals surface area contributed by atoms with Crippen LogP contribution < -0.4 is 20.7 Å². The highest BCUT2D eigenvalue weighted by Crippen LogP contribution is 2.33. The van der Waals surface area contributed by atoms with E-state index in [1.165, 1.54) is 0 Å². The Kier molecular flexibility index (Phi) is 15.2. The number of piperidine rings is 1. The van der Waals surface area contributed by atoms with Crippen molar-refractivity contribution in [3.63, 3.8) is 0 Å². The molecule has 9 rings (SSSR count). The van der Waals surface area contributed by atoms with Crippen LogP contribution in [0.2, 0.25) is 0 Å². The normalized spacial score (nSPS) is 20.7. The fourth-order valence-corrected chi connectivity index (χ4v) is 9.34. The minimum atomic E-state index is -0.980. The zero-order valence-corrected chi connectivity index (χ0v) is 38.0. The van der Waals surface area contributed by atoms with Gasteiger partial charge in [-0.1, -0.05) is 36.4 Å². The maximum atomic E-state index is 13.4. The van der Waals surface area contributed by atoms with Crippen LogP contribution in [0, 0.1) is 0 Å². The molecule has 5 aliphatic heterocycles. The molecule has 3 fully saturated rings. The zero-order chi connectivity index (χ0) is 46.0. The third-order valence-corrected chi connectivity index (χ3v) is 13.1. The summed E-state index contributed by atoms with van der Waals surface area (Å²) in [6, 6.07) is 20.4. The summed E-state index contributed by atoms with van der Waals surface area (Å²) in [5.74, 6) is -0.664. The lowest BCUT2D eigenvalue weighted by molar-refractivity contribution is -0.136. The molecule has 0 spiro atoms. The second-order valence-corrected chi connectivity index (χ2v) is 17.6. The summed E-state index contributed by atoms with van der Waals surface area (Å²) in [7, 11) is 0. The molecule has 67 heavy (non-hydrogen) atoms. The number of benzene rings is 3. The summed E-state index contributed by atoms with van der Waals surface area (Å²) < 4.78 is 18.3. The molecule has 0 saturated carbocycles. The molecule has 17 nitrogen and oxygen atoms in total. The molecule has 352 valence electrons. The molecule has 1 atom stereocenters. The predicted molar refractivity (Wildman–Crippen MR) is 253 cm³/mol. The van der Waals surface area contributed by atoms with Crippen molar-refractivity contribution in [3.8, 4) is 17.0 Å². The van der Waals surface area contributed by atoms with Crippen LogP contribution in [-0.4, -0.2) is 169 Å². The van der Waals surface area contributed by atoms with Crippen LogP contribution in [0.1, 0.15) is 51.1 Å². The Bertz CT molecular complexity index is 2430. The van der Waals surface area contributed by atoms with Crippen molar-refractivity contribution < 1.29 is 33.4 Å². The molecule has 1 aromatic heterocycles. The number of hydrogen-bond donors (Lipinski definition) is 3. The molecule has 1 unspecified atom stereocenters. The molecular weight excluding hydrogens is 853 g/mol. The lowest BCUT2D eigenvalue weighted by atomic mass is 10.0. The lowest BCUT2D eigenvalue weighted by Gasteiger charge is -2.36. The molecule has 6 bridgehead atoms. The van der Waals surface area contributed by atoms with E-state index in [2.05, 4.69) is 58.7 Å². The number of piperazine rings is 2. The summed E-state index contributed by atoms with van der Waals surface area (Å²) in [6.45, 7) is 15.0. The minimum absolute atomic E-state index is 0.0913. The van der Waals surface area contributed by atoms with Gasteiger partial charge in [0.15, 0.2) is 0 Å². The minimum Gasteiger partial charge on any atom is -0.492 e. The quantitative estimate of drug-likeness (QED) is 0.130. The van der Waals surface area contributed by atoms with E-state index < -0.39 is 23.8 Å². The molecule has 0 aliphatic carbocycles. The third-order valence-electron chi connectivity index (χ3n) is 13.1. The number of carbonyl (C=O) groups is 4. The summed E-state index contributed by atoms with van der Waals surface area (Å²) >= 11 is 0. The Labute approximate surface area is 391 Å². The Morgan fingerprint density at radius 3 is 2.21 bits per heavy atom. The van der Waals surface area contributed by atoms with Crippen LogP contribution in [0.4, 0.5) is 17.3 Å². The van der Waals surface area contributed by atoms with Crippen molar-refractivity contribution in [1.29, 1.82) is 0 Å². The highest BCUT2D eigenvalue weighted by Gasteiger charge is 2.45. The first-order chi connectivity index (χ1) is 32.8. The third kappa shape index (κ3) is 11.7. The molecule has 4 amide bonds. The number of hydrogen-bond acceptors (Lipinski definition) is 15. The second kappa shape index (κ2) is 22.1. The standard InChI is InChI=1S/C50H60N10O7/c61-45-13-11-43(47(62)55-45)60-48(63)40-8-4-9-42(46(40)49(60)64)51-16-19-58-24-20-56(21-25-58)17-5-18-57-22-26-59(27-23-57)28-31-67-44-12-10-39-33-38(44)35-66-30-2-1-29-65-34-36-6-3-7-37(32-36)41-14-15-52-50(53-39)54-41/h1-4,6-10,12,14-15,32-33,43,51H,5,11,13,16-31,34-35H2,(H,52,53,54)(H,55,61,62)/b2-1+. The maximum absolute atomic E-state index is 13.4. The van der Waals surface area contributed by atoms with Gasteiger partial charge in [0.05, 0.1) is 43.2 Å². The molecule has 6 heterocycles. The van der Waals surface area contributed by atoms with E-state index in [-0.39, 0.29) is 24.3 Å². The van der Waals surface area contributed by atoms with E-state index in [9.17, 15) is 19.2 Å². The van der Waals surface area contributed by atoms with Crippen molar-refractivity contribution in [2.45, 2.75) is 38.5 Å². The van der Waals surface area contributed by atoms with Gasteiger partial charge in [0.25, 0.3) is 11.8 Å². The van der Waals surface area contributed by atoms with Crippen LogP contribution in [0.15, 0.2) is 85.1 Å². The van der Waals surface area contributed by atoms with E-state index in [1.807, 2.05) is 42.5 Å². The molecular formula is C50H60N10O7. The van der Waals surface area contributed by atoms with Crippen molar-refractivity contribution in [2.24, 2.45) is 0 Å². The fourth-order valence-electron chi connectivity index (χ4n) is 9.34. The largest absolute Gasteiger partial charge is 0.492 e. The van der Waals surface area contributed by atoms with E-state index in [1.54, 1.807) is 24.4 Å². The first kappa shape index (κ1) is 46.0. The Balaban J connectivity index is 0.670. The van der Waals surface area contributed by atoms with E-state index in [0.717, 1.165) is 124 Å². The number of aromatic nitrogens is 2. The molecule has 4 aromatic rings. The van der Waals surface area contributed by atoms with Crippen LogP contribution in [0.25, 0.3) is 11.3 Å². The van der Waals surface area contributed by atoms with Gasteiger partial charge < -0.3 is 34.6 Å². The van der Waals surface area contributed by atoms with Gasteiger partial charge in [0.2, 0.25) is 17.8 Å². The molecule has 3 saturated heterocycles. The van der Waals surface area contributed by atoms with Crippen LogP contribution in [-0.2, 0) is 32.3 Å². The number of nitrogens with zero attached hydrogens (tertiary/aromatic N) is 7. The lowest BCUT2D eigenvalue weighted by Crippen LogP contribution is -2.54. The molecule has 5 aliphatic rings. The Hall–Kier alpha value is -6.08. The van der Waals surface area contributed by atoms with E-state index in [0.29, 0.717) is 56.8 Å². The summed E-state index contributed by atoms with van der Waals surface area (Å²) in [5, 5.41) is 9.01. The van der Waals surface area contributed by atoms with Gasteiger partial charge in [-0.25, -0.2) is 9.97 Å². The molecule has 0 radical (unpaired) electrons. The van der Waals surface area contributed by atoms with Gasteiger partial charge in [0.1, 0.15) is 18.4 Å². The van der Waals surface area contributed by atoms with E-state index >= 15 is 0 Å². The number of rotatable bonds is 13. The monoisotopic (exact) mass is 912 g/mol. The van der Waals surface area contributed by atoms with Gasteiger partial charge >= 0.3 is 0 Å². The first-order valence-electron chi connectivity index (χ1n) is 23.6. The van der Waals surface area contributed by atoms with Crippen molar-refractivity contribution in [2.75, 3.05) is 116 Å².